The van der Waals surface area contributed by atoms with Crippen molar-refractivity contribution in [3.63, 3.8) is 0 Å². The van der Waals surface area contributed by atoms with Gasteiger partial charge in [0.15, 0.2) is 5.58 Å². The molecule has 0 saturated carbocycles. The zero-order valence-corrected chi connectivity index (χ0v) is 17.6. The number of benzene rings is 4. The summed E-state index contributed by atoms with van der Waals surface area (Å²) in [5.74, 6) is -0.572. The maximum absolute atomic E-state index is 11.1. The smallest absolute Gasteiger partial charge is 0.335 e. The van der Waals surface area contributed by atoms with Crippen molar-refractivity contribution in [3.8, 4) is 0 Å². The molecule has 0 aliphatic carbocycles. The van der Waals surface area contributed by atoms with Gasteiger partial charge < -0.3 is 14.4 Å². The molecule has 0 fully saturated rings. The number of hydrogen-bond donors (Lipinski definition) is 1. The van der Waals surface area contributed by atoms with E-state index in [1.165, 1.54) is 12.1 Å². The van der Waals surface area contributed by atoms with Crippen LogP contribution in [0.4, 0.5) is 17.1 Å². The molecular weight excluding hydrogens is 412 g/mol. The average Bonchev–Trinajstić information content (AvgIpc) is 3.27. The largest absolute Gasteiger partial charge is 0.478 e. The second kappa shape index (κ2) is 8.85. The zero-order chi connectivity index (χ0) is 22.6. The quantitative estimate of drug-likeness (QED) is 0.308. The first-order valence-electron chi connectivity index (χ1n) is 10.5. The Kier molecular flexibility index (Phi) is 5.43. The molecule has 0 spiro atoms. The summed E-state index contributed by atoms with van der Waals surface area (Å²) in [7, 11) is 0. The van der Waals surface area contributed by atoms with E-state index in [4.69, 9.17) is 9.52 Å². The number of carboxylic acids is 1. The Bertz CT molecular complexity index is 1380. The summed E-state index contributed by atoms with van der Waals surface area (Å²) in [6.07, 6.45) is 3.70. The number of nitrogens with zero attached hydrogens (tertiary/aromatic N) is 2. The average molecular weight is 432 g/mol. The number of carboxylic acid groups (broad SMARTS) is 1. The summed E-state index contributed by atoms with van der Waals surface area (Å²) < 4.78 is 5.69. The van der Waals surface area contributed by atoms with E-state index in [0.29, 0.717) is 17.0 Å². The van der Waals surface area contributed by atoms with Crippen LogP contribution in [-0.4, -0.2) is 16.1 Å². The van der Waals surface area contributed by atoms with E-state index < -0.39 is 5.97 Å². The molecule has 0 aliphatic heterocycles. The van der Waals surface area contributed by atoms with Crippen LogP contribution in [0.2, 0.25) is 0 Å². The van der Waals surface area contributed by atoms with Crippen molar-refractivity contribution in [3.05, 3.63) is 120 Å². The minimum absolute atomic E-state index is 0.172. The molecule has 160 valence electrons. The standard InChI is InChI=1S/C28H20N2O3/c31-28(32)21-14-17-25-26(19-21)33-27(29-25)18-13-20-11-15-24(16-12-20)30(22-7-3-1-4-8-22)23-9-5-2-6-10-23/h1-19H,(H,31,32). The molecule has 0 bridgehead atoms. The Morgan fingerprint density at radius 2 is 1.36 bits per heavy atom. The highest BCUT2D eigenvalue weighted by atomic mass is 16.4. The van der Waals surface area contributed by atoms with Gasteiger partial charge in [0.1, 0.15) is 5.52 Å². The van der Waals surface area contributed by atoms with Gasteiger partial charge in [0.2, 0.25) is 5.89 Å². The van der Waals surface area contributed by atoms with Crippen molar-refractivity contribution >= 4 is 46.3 Å². The molecule has 0 unspecified atom stereocenters. The monoisotopic (exact) mass is 432 g/mol. The predicted octanol–water partition coefficient (Wildman–Crippen LogP) is 7.17. The molecule has 33 heavy (non-hydrogen) atoms. The summed E-state index contributed by atoms with van der Waals surface area (Å²) in [6.45, 7) is 0. The molecular formula is C28H20N2O3. The van der Waals surface area contributed by atoms with Crippen molar-refractivity contribution in [2.45, 2.75) is 0 Å². The lowest BCUT2D eigenvalue weighted by molar-refractivity contribution is 0.0697. The van der Waals surface area contributed by atoms with Gasteiger partial charge in [-0.15, -0.1) is 0 Å². The SMILES string of the molecule is O=C(O)c1ccc2nc(C=Cc3ccc(N(c4ccccc4)c4ccccc4)cc3)oc2c1. The lowest BCUT2D eigenvalue weighted by atomic mass is 10.1. The van der Waals surface area contributed by atoms with E-state index in [0.717, 1.165) is 22.6 Å². The fourth-order valence-corrected chi connectivity index (χ4v) is 3.65. The molecule has 1 aromatic heterocycles. The van der Waals surface area contributed by atoms with Gasteiger partial charge in [-0.3, -0.25) is 0 Å². The summed E-state index contributed by atoms with van der Waals surface area (Å²) in [5.41, 5.74) is 5.45. The Morgan fingerprint density at radius 3 is 1.97 bits per heavy atom. The number of carbonyl (C=O) groups is 1. The zero-order valence-electron chi connectivity index (χ0n) is 17.6. The summed E-state index contributed by atoms with van der Waals surface area (Å²) in [5, 5.41) is 9.13. The molecule has 1 heterocycles. The molecule has 5 aromatic rings. The second-order valence-electron chi connectivity index (χ2n) is 7.47. The fourth-order valence-electron chi connectivity index (χ4n) is 3.65. The lowest BCUT2D eigenvalue weighted by Crippen LogP contribution is -2.09. The maximum Gasteiger partial charge on any atom is 0.335 e. The Hall–Kier alpha value is -4.64. The fraction of sp³-hybridized carbons (Fsp3) is 0. The van der Waals surface area contributed by atoms with E-state index in [2.05, 4.69) is 46.3 Å². The number of rotatable bonds is 6. The number of hydrogen-bond acceptors (Lipinski definition) is 4. The highest BCUT2D eigenvalue weighted by Gasteiger charge is 2.11. The number of oxazole rings is 1. The van der Waals surface area contributed by atoms with Gasteiger partial charge in [-0.05, 0) is 66.2 Å². The van der Waals surface area contributed by atoms with Crippen LogP contribution in [0.5, 0.6) is 0 Å². The number of para-hydroxylation sites is 2. The van der Waals surface area contributed by atoms with Gasteiger partial charge in [-0.25, -0.2) is 9.78 Å². The van der Waals surface area contributed by atoms with E-state index >= 15 is 0 Å². The van der Waals surface area contributed by atoms with Crippen LogP contribution >= 0.6 is 0 Å². The van der Waals surface area contributed by atoms with E-state index in [1.807, 2.05) is 54.6 Å². The van der Waals surface area contributed by atoms with Gasteiger partial charge in [0.05, 0.1) is 5.56 Å². The van der Waals surface area contributed by atoms with Crippen molar-refractivity contribution < 1.29 is 14.3 Å². The number of aromatic carboxylic acids is 1. The first-order valence-corrected chi connectivity index (χ1v) is 10.5. The number of aromatic nitrogens is 1. The summed E-state index contributed by atoms with van der Waals surface area (Å²) in [4.78, 5) is 17.7. The third-order valence-electron chi connectivity index (χ3n) is 5.25. The van der Waals surface area contributed by atoms with Gasteiger partial charge >= 0.3 is 5.97 Å². The van der Waals surface area contributed by atoms with E-state index in [9.17, 15) is 4.79 Å². The molecule has 0 radical (unpaired) electrons. The molecule has 1 N–H and O–H groups in total. The van der Waals surface area contributed by atoms with E-state index in [1.54, 1.807) is 12.1 Å². The second-order valence-corrected chi connectivity index (χ2v) is 7.47. The molecule has 0 amide bonds. The maximum atomic E-state index is 11.1. The van der Waals surface area contributed by atoms with Crippen molar-refractivity contribution in [1.29, 1.82) is 0 Å². The lowest BCUT2D eigenvalue weighted by Gasteiger charge is -2.25. The molecule has 5 heteroatoms. The van der Waals surface area contributed by atoms with Crippen LogP contribution in [0.15, 0.2) is 108 Å². The first-order chi connectivity index (χ1) is 16.2. The summed E-state index contributed by atoms with van der Waals surface area (Å²) in [6, 6.07) is 33.4. The van der Waals surface area contributed by atoms with Crippen LogP contribution in [-0.2, 0) is 0 Å². The topological polar surface area (TPSA) is 66.6 Å². The van der Waals surface area contributed by atoms with Gasteiger partial charge in [0.25, 0.3) is 0 Å². The predicted molar refractivity (Wildman–Crippen MR) is 131 cm³/mol. The van der Waals surface area contributed by atoms with Crippen molar-refractivity contribution in [2.24, 2.45) is 0 Å². The Morgan fingerprint density at radius 1 is 0.758 bits per heavy atom. The van der Waals surface area contributed by atoms with Crippen LogP contribution in [0.25, 0.3) is 23.3 Å². The van der Waals surface area contributed by atoms with Crippen molar-refractivity contribution in [1.82, 2.24) is 4.98 Å². The Balaban J connectivity index is 1.41. The molecule has 5 rings (SSSR count). The van der Waals surface area contributed by atoms with Crippen LogP contribution in [0, 0.1) is 0 Å². The van der Waals surface area contributed by atoms with Gasteiger partial charge in [-0.2, -0.15) is 0 Å². The van der Waals surface area contributed by atoms with Gasteiger partial charge in [0, 0.05) is 23.1 Å². The third kappa shape index (κ3) is 4.38. The van der Waals surface area contributed by atoms with Crippen LogP contribution in [0.3, 0.4) is 0 Å². The van der Waals surface area contributed by atoms with Crippen LogP contribution < -0.4 is 4.90 Å². The normalized spacial score (nSPS) is 11.2. The van der Waals surface area contributed by atoms with Crippen molar-refractivity contribution in [2.75, 3.05) is 4.90 Å². The third-order valence-corrected chi connectivity index (χ3v) is 5.25. The summed E-state index contributed by atoms with van der Waals surface area (Å²) >= 11 is 0. The number of fused-ring (bicyclic) bond motifs is 1. The van der Waals surface area contributed by atoms with Crippen LogP contribution in [0.1, 0.15) is 21.8 Å². The minimum Gasteiger partial charge on any atom is -0.478 e. The molecule has 0 atom stereocenters. The Labute approximate surface area is 190 Å². The number of anilines is 3. The first kappa shape index (κ1) is 20.3. The minimum atomic E-state index is -0.995. The highest BCUT2D eigenvalue weighted by Crippen LogP contribution is 2.34. The molecule has 0 saturated heterocycles. The highest BCUT2D eigenvalue weighted by molar-refractivity contribution is 5.92. The van der Waals surface area contributed by atoms with Gasteiger partial charge in [-0.1, -0.05) is 48.5 Å². The molecule has 4 aromatic carbocycles. The van der Waals surface area contributed by atoms with E-state index in [-0.39, 0.29) is 5.56 Å². The molecule has 0 aliphatic rings. The molecule has 5 nitrogen and oxygen atoms in total.